The van der Waals surface area contributed by atoms with Crippen LogP contribution in [0.25, 0.3) is 0 Å². The summed E-state index contributed by atoms with van der Waals surface area (Å²) in [5.41, 5.74) is 1.08. The number of sulfone groups is 1. The second kappa shape index (κ2) is 6.08. The van der Waals surface area contributed by atoms with E-state index in [4.69, 9.17) is 5.11 Å². The molecule has 1 saturated carbocycles. The van der Waals surface area contributed by atoms with Crippen LogP contribution in [0.15, 0.2) is 24.3 Å². The van der Waals surface area contributed by atoms with Gasteiger partial charge < -0.3 is 10.4 Å². The average Bonchev–Trinajstić information content (AvgIpc) is 3.18. The quantitative estimate of drug-likeness (QED) is 0.828. The minimum atomic E-state index is -3.21. The van der Waals surface area contributed by atoms with Crippen molar-refractivity contribution < 1.29 is 23.1 Å². The van der Waals surface area contributed by atoms with E-state index in [-0.39, 0.29) is 11.7 Å². The summed E-state index contributed by atoms with van der Waals surface area (Å²) in [5, 5.41) is 11.0. The van der Waals surface area contributed by atoms with Crippen LogP contribution in [0.5, 0.6) is 0 Å². The summed E-state index contributed by atoms with van der Waals surface area (Å²) in [6, 6.07) is 6.62. The van der Waals surface area contributed by atoms with Gasteiger partial charge in [-0.25, -0.2) is 8.42 Å². The Morgan fingerprint density at radius 2 is 2.00 bits per heavy atom. The van der Waals surface area contributed by atoms with E-state index >= 15 is 0 Å². The molecular formula is C15H19NO5S. The molecule has 1 aliphatic rings. The second-order valence-electron chi connectivity index (χ2n) is 5.83. The number of rotatable bonds is 6. The third-order valence-corrected chi connectivity index (χ3v) is 5.90. The van der Waals surface area contributed by atoms with Crippen LogP contribution in [-0.4, -0.2) is 30.7 Å². The van der Waals surface area contributed by atoms with Gasteiger partial charge in [0.25, 0.3) is 0 Å². The molecule has 2 unspecified atom stereocenters. The number of nitrogens with one attached hydrogen (secondary N) is 1. The Hall–Kier alpha value is -1.89. The van der Waals surface area contributed by atoms with Crippen molar-refractivity contribution in [1.82, 2.24) is 0 Å². The van der Waals surface area contributed by atoms with Crippen LogP contribution in [0.1, 0.15) is 25.8 Å². The Balaban J connectivity index is 2.03. The van der Waals surface area contributed by atoms with Crippen LogP contribution >= 0.6 is 0 Å². The van der Waals surface area contributed by atoms with Crippen molar-refractivity contribution >= 4 is 27.4 Å². The van der Waals surface area contributed by atoms with Crippen LogP contribution in [-0.2, 0) is 25.2 Å². The Bertz CT molecular complexity index is 696. The van der Waals surface area contributed by atoms with E-state index in [0.29, 0.717) is 17.7 Å². The highest BCUT2D eigenvalue weighted by molar-refractivity contribution is 7.91. The number of benzene rings is 1. The molecule has 0 bridgehead atoms. The van der Waals surface area contributed by atoms with Crippen molar-refractivity contribution in [2.75, 3.05) is 5.32 Å². The third kappa shape index (κ3) is 3.85. The number of anilines is 1. The molecule has 1 amide bonds. The van der Waals surface area contributed by atoms with Crippen LogP contribution in [0.4, 0.5) is 5.69 Å². The lowest BCUT2D eigenvalue weighted by atomic mass is 10.2. The fraction of sp³-hybridized carbons (Fsp3) is 0.467. The van der Waals surface area contributed by atoms with E-state index in [9.17, 15) is 18.0 Å². The Labute approximate surface area is 129 Å². The maximum absolute atomic E-state index is 11.9. The maximum atomic E-state index is 11.9. The van der Waals surface area contributed by atoms with Crippen molar-refractivity contribution in [3.05, 3.63) is 29.8 Å². The van der Waals surface area contributed by atoms with Crippen LogP contribution in [0.2, 0.25) is 0 Å². The fourth-order valence-electron chi connectivity index (χ4n) is 2.13. The maximum Gasteiger partial charge on any atom is 0.307 e. The zero-order valence-electron chi connectivity index (χ0n) is 12.4. The predicted octanol–water partition coefficient (Wildman–Crippen LogP) is 1.67. The lowest BCUT2D eigenvalue weighted by molar-refractivity contribution is -0.139. The summed E-state index contributed by atoms with van der Waals surface area (Å²) in [7, 11) is -3.21. The summed E-state index contributed by atoms with van der Waals surface area (Å²) < 4.78 is 23.8. The lowest BCUT2D eigenvalue weighted by Crippen LogP contribution is -2.18. The summed E-state index contributed by atoms with van der Waals surface area (Å²) in [5.74, 6) is -2.49. The Morgan fingerprint density at radius 3 is 2.55 bits per heavy atom. The lowest BCUT2D eigenvalue weighted by Gasteiger charge is -2.10. The Kier molecular flexibility index (Phi) is 4.55. The van der Waals surface area contributed by atoms with Crippen molar-refractivity contribution in [2.45, 2.75) is 31.3 Å². The number of carboxylic acids is 1. The molecule has 6 nitrogen and oxygen atoms in total. The number of aliphatic carboxylic acids is 1. The molecule has 0 aromatic heterocycles. The number of carboxylic acid groups (broad SMARTS) is 1. The SMILES string of the molecule is CC(C)S(=O)(=O)Cc1cccc(NC(=O)C2CC2C(=O)O)c1. The van der Waals surface area contributed by atoms with Crippen molar-refractivity contribution in [1.29, 1.82) is 0 Å². The standard InChI is InChI=1S/C15H19NO5S/c1-9(2)22(20,21)8-10-4-3-5-11(6-10)16-14(17)12-7-13(12)15(18)19/h3-6,9,12-13H,7-8H2,1-2H3,(H,16,17)(H,18,19). The number of carbonyl (C=O) groups excluding carboxylic acids is 1. The van der Waals surface area contributed by atoms with Crippen LogP contribution in [0, 0.1) is 11.8 Å². The average molecular weight is 325 g/mol. The first-order valence-electron chi connectivity index (χ1n) is 7.05. The van der Waals surface area contributed by atoms with E-state index in [1.807, 2.05) is 0 Å². The molecular weight excluding hydrogens is 306 g/mol. The molecule has 1 aliphatic carbocycles. The molecule has 0 heterocycles. The molecule has 1 fully saturated rings. The topological polar surface area (TPSA) is 101 Å². The van der Waals surface area contributed by atoms with Gasteiger partial charge in [0.05, 0.1) is 22.8 Å². The molecule has 22 heavy (non-hydrogen) atoms. The molecule has 120 valence electrons. The highest BCUT2D eigenvalue weighted by Crippen LogP contribution is 2.39. The normalized spacial score (nSPS) is 20.7. The minimum absolute atomic E-state index is 0.0877. The minimum Gasteiger partial charge on any atom is -0.481 e. The zero-order valence-corrected chi connectivity index (χ0v) is 13.3. The number of carbonyl (C=O) groups is 2. The highest BCUT2D eigenvalue weighted by Gasteiger charge is 2.48. The van der Waals surface area contributed by atoms with Crippen LogP contribution in [0.3, 0.4) is 0 Å². The highest BCUT2D eigenvalue weighted by atomic mass is 32.2. The summed E-state index contributed by atoms with van der Waals surface area (Å²) in [4.78, 5) is 22.7. The number of hydrogen-bond acceptors (Lipinski definition) is 4. The fourth-order valence-corrected chi connectivity index (χ4v) is 3.11. The first-order chi connectivity index (χ1) is 10.2. The molecule has 7 heteroatoms. The van der Waals surface area contributed by atoms with Gasteiger partial charge in [0.2, 0.25) is 5.91 Å². The van der Waals surface area contributed by atoms with Crippen molar-refractivity contribution in [3.63, 3.8) is 0 Å². The van der Waals surface area contributed by atoms with Gasteiger partial charge in [-0.15, -0.1) is 0 Å². The van der Waals surface area contributed by atoms with Gasteiger partial charge in [-0.2, -0.15) is 0 Å². The van der Waals surface area contributed by atoms with E-state index in [1.54, 1.807) is 38.1 Å². The molecule has 1 aromatic rings. The monoisotopic (exact) mass is 325 g/mol. The summed E-state index contributed by atoms with van der Waals surface area (Å²) in [6.45, 7) is 3.25. The number of hydrogen-bond donors (Lipinski definition) is 2. The van der Waals surface area contributed by atoms with Gasteiger partial charge in [-0.3, -0.25) is 9.59 Å². The molecule has 0 saturated heterocycles. The summed E-state index contributed by atoms with van der Waals surface area (Å²) >= 11 is 0. The largest absolute Gasteiger partial charge is 0.481 e. The van der Waals surface area contributed by atoms with Crippen LogP contribution < -0.4 is 5.32 Å². The molecule has 2 rings (SSSR count). The first kappa shape index (κ1) is 16.5. The van der Waals surface area contributed by atoms with Crippen molar-refractivity contribution in [2.24, 2.45) is 11.8 Å². The van der Waals surface area contributed by atoms with E-state index in [1.165, 1.54) is 0 Å². The molecule has 2 N–H and O–H groups in total. The van der Waals surface area contributed by atoms with Gasteiger partial charge in [-0.05, 0) is 38.0 Å². The molecule has 2 atom stereocenters. The van der Waals surface area contributed by atoms with Gasteiger partial charge in [0, 0.05) is 5.69 Å². The third-order valence-electron chi connectivity index (χ3n) is 3.73. The van der Waals surface area contributed by atoms with E-state index in [2.05, 4.69) is 5.32 Å². The molecule has 0 aliphatic heterocycles. The van der Waals surface area contributed by atoms with Gasteiger partial charge in [0.1, 0.15) is 0 Å². The second-order valence-corrected chi connectivity index (χ2v) is 8.39. The van der Waals surface area contributed by atoms with Gasteiger partial charge in [-0.1, -0.05) is 12.1 Å². The zero-order chi connectivity index (χ0) is 16.5. The Morgan fingerprint density at radius 1 is 1.32 bits per heavy atom. The van der Waals surface area contributed by atoms with Gasteiger partial charge >= 0.3 is 5.97 Å². The van der Waals surface area contributed by atoms with E-state index < -0.39 is 32.9 Å². The summed E-state index contributed by atoms with van der Waals surface area (Å²) in [6.07, 6.45) is 0.350. The molecule has 0 radical (unpaired) electrons. The van der Waals surface area contributed by atoms with Gasteiger partial charge in [0.15, 0.2) is 9.84 Å². The molecule has 0 spiro atoms. The number of amides is 1. The van der Waals surface area contributed by atoms with Crippen molar-refractivity contribution in [3.8, 4) is 0 Å². The predicted molar refractivity (Wildman–Crippen MR) is 82.1 cm³/mol. The molecule has 1 aromatic carbocycles. The first-order valence-corrected chi connectivity index (χ1v) is 8.76. The van der Waals surface area contributed by atoms with E-state index in [0.717, 1.165) is 0 Å². The smallest absolute Gasteiger partial charge is 0.307 e.